The molecule has 0 aromatic heterocycles. The zero-order chi connectivity index (χ0) is 20.7. The number of hydrogen-bond donors (Lipinski definition) is 2. The van der Waals surface area contributed by atoms with E-state index >= 15 is 0 Å². The molecule has 2 rings (SSSR count). The Morgan fingerprint density at radius 2 is 1.68 bits per heavy atom. The molecule has 0 saturated heterocycles. The Morgan fingerprint density at radius 1 is 1.04 bits per heavy atom. The minimum atomic E-state index is -3.77. The predicted octanol–water partition coefficient (Wildman–Crippen LogP) is 3.33. The normalized spacial score (nSPS) is 12.6. The Bertz CT molecular complexity index is 910. The van der Waals surface area contributed by atoms with Crippen molar-refractivity contribution in [2.24, 2.45) is 0 Å². The van der Waals surface area contributed by atoms with Crippen molar-refractivity contribution >= 4 is 27.7 Å². The molecule has 0 aliphatic carbocycles. The van der Waals surface area contributed by atoms with Crippen LogP contribution < -0.4 is 10.0 Å². The fraction of sp³-hybridized carbons (Fsp3) is 0.381. The molecule has 2 aromatic rings. The first kappa shape index (κ1) is 22.5. The Morgan fingerprint density at radius 3 is 2.29 bits per heavy atom. The van der Waals surface area contributed by atoms with Crippen LogP contribution in [0.5, 0.6) is 0 Å². The number of aryl methyl sites for hydroxylation is 3. The number of amides is 1. The van der Waals surface area contributed by atoms with Crippen LogP contribution in [0.2, 0.25) is 0 Å². The fourth-order valence-corrected chi connectivity index (χ4v) is 4.50. The van der Waals surface area contributed by atoms with Gasteiger partial charge in [0.25, 0.3) is 0 Å². The Kier molecular flexibility index (Phi) is 8.10. The van der Waals surface area contributed by atoms with E-state index in [2.05, 4.69) is 16.1 Å². The van der Waals surface area contributed by atoms with Crippen molar-refractivity contribution in [3.8, 4) is 0 Å². The van der Waals surface area contributed by atoms with E-state index < -0.39 is 16.1 Å². The molecule has 0 aliphatic rings. The van der Waals surface area contributed by atoms with Crippen LogP contribution in [0, 0.1) is 20.8 Å². The maximum atomic E-state index is 12.7. The zero-order valence-electron chi connectivity index (χ0n) is 16.8. The van der Waals surface area contributed by atoms with E-state index in [-0.39, 0.29) is 10.8 Å². The molecule has 2 N–H and O–H groups in total. The minimum absolute atomic E-state index is 0.162. The number of nitrogens with one attached hydrogen (secondary N) is 2. The molecule has 7 heteroatoms. The summed E-state index contributed by atoms with van der Waals surface area (Å²) in [5.74, 6) is 0.364. The Balaban J connectivity index is 2.10. The van der Waals surface area contributed by atoms with E-state index in [1.165, 1.54) is 0 Å². The molecule has 1 atom stereocenters. The van der Waals surface area contributed by atoms with Crippen molar-refractivity contribution in [1.29, 1.82) is 0 Å². The van der Waals surface area contributed by atoms with Crippen molar-refractivity contribution < 1.29 is 13.2 Å². The third-order valence-corrected chi connectivity index (χ3v) is 6.64. The lowest BCUT2D eigenvalue weighted by atomic mass is 10.1. The molecule has 1 unspecified atom stereocenters. The van der Waals surface area contributed by atoms with Crippen LogP contribution in [0.15, 0.2) is 47.4 Å². The van der Waals surface area contributed by atoms with E-state index in [1.807, 2.05) is 39.2 Å². The van der Waals surface area contributed by atoms with Gasteiger partial charge >= 0.3 is 0 Å². The van der Waals surface area contributed by atoms with Crippen molar-refractivity contribution in [2.45, 2.75) is 44.7 Å². The highest BCUT2D eigenvalue weighted by atomic mass is 32.2. The SMILES string of the molecule is CSCCC(NS(=O)(=O)c1ccc(C)cc1)C(=O)NCc1ccc(C)cc1C. The van der Waals surface area contributed by atoms with E-state index in [0.29, 0.717) is 18.7 Å². The van der Waals surface area contributed by atoms with Crippen LogP contribution in [-0.4, -0.2) is 32.4 Å². The monoisotopic (exact) mass is 420 g/mol. The predicted molar refractivity (Wildman–Crippen MR) is 116 cm³/mol. The third kappa shape index (κ3) is 6.36. The highest BCUT2D eigenvalue weighted by Crippen LogP contribution is 2.13. The van der Waals surface area contributed by atoms with Crippen LogP contribution in [0.4, 0.5) is 0 Å². The third-order valence-electron chi connectivity index (χ3n) is 4.51. The summed E-state index contributed by atoms with van der Waals surface area (Å²) in [5.41, 5.74) is 4.26. The van der Waals surface area contributed by atoms with Gasteiger partial charge in [-0.15, -0.1) is 0 Å². The van der Waals surface area contributed by atoms with Gasteiger partial charge in [-0.2, -0.15) is 16.5 Å². The molecule has 28 heavy (non-hydrogen) atoms. The van der Waals surface area contributed by atoms with Crippen molar-refractivity contribution in [2.75, 3.05) is 12.0 Å². The van der Waals surface area contributed by atoms with Gasteiger partial charge in [0.15, 0.2) is 0 Å². The van der Waals surface area contributed by atoms with Gasteiger partial charge < -0.3 is 5.32 Å². The number of sulfonamides is 1. The van der Waals surface area contributed by atoms with Gasteiger partial charge in [-0.1, -0.05) is 41.5 Å². The smallest absolute Gasteiger partial charge is 0.241 e. The first-order valence-electron chi connectivity index (χ1n) is 9.14. The van der Waals surface area contributed by atoms with Gasteiger partial charge in [0.2, 0.25) is 15.9 Å². The summed E-state index contributed by atoms with van der Waals surface area (Å²) in [6, 6.07) is 11.8. The molecule has 2 aromatic carbocycles. The second-order valence-electron chi connectivity index (χ2n) is 6.92. The maximum absolute atomic E-state index is 12.7. The summed E-state index contributed by atoms with van der Waals surface area (Å²) in [6.07, 6.45) is 2.35. The topological polar surface area (TPSA) is 75.3 Å². The summed E-state index contributed by atoms with van der Waals surface area (Å²) in [5, 5.41) is 2.88. The lowest BCUT2D eigenvalue weighted by Gasteiger charge is -2.19. The summed E-state index contributed by atoms with van der Waals surface area (Å²) >= 11 is 1.57. The molecule has 0 radical (unpaired) electrons. The van der Waals surface area contributed by atoms with Gasteiger partial charge in [-0.25, -0.2) is 8.42 Å². The Hall–Kier alpha value is -1.83. The van der Waals surface area contributed by atoms with Crippen LogP contribution in [-0.2, 0) is 21.4 Å². The van der Waals surface area contributed by atoms with Crippen molar-refractivity contribution in [3.63, 3.8) is 0 Å². The van der Waals surface area contributed by atoms with E-state index in [1.54, 1.807) is 36.0 Å². The number of carbonyl (C=O) groups is 1. The first-order valence-corrected chi connectivity index (χ1v) is 12.0. The lowest BCUT2D eigenvalue weighted by Crippen LogP contribution is -2.46. The molecular weight excluding hydrogens is 392 g/mol. The van der Waals surface area contributed by atoms with Crippen molar-refractivity contribution in [1.82, 2.24) is 10.0 Å². The number of thioether (sulfide) groups is 1. The number of hydrogen-bond acceptors (Lipinski definition) is 4. The van der Waals surface area contributed by atoms with Gasteiger partial charge in [0.05, 0.1) is 4.90 Å². The lowest BCUT2D eigenvalue weighted by molar-refractivity contribution is -0.122. The summed E-state index contributed by atoms with van der Waals surface area (Å²) < 4.78 is 27.9. The van der Waals surface area contributed by atoms with E-state index in [9.17, 15) is 13.2 Å². The molecule has 0 spiro atoms. The Labute approximate surface area is 172 Å². The minimum Gasteiger partial charge on any atom is -0.351 e. The summed E-state index contributed by atoms with van der Waals surface area (Å²) in [4.78, 5) is 12.9. The van der Waals surface area contributed by atoms with Crippen LogP contribution >= 0.6 is 11.8 Å². The molecule has 5 nitrogen and oxygen atoms in total. The number of rotatable bonds is 9. The largest absolute Gasteiger partial charge is 0.351 e. The van der Waals surface area contributed by atoms with Crippen LogP contribution in [0.1, 0.15) is 28.7 Å². The maximum Gasteiger partial charge on any atom is 0.241 e. The molecule has 0 heterocycles. The molecule has 1 amide bonds. The summed E-state index contributed by atoms with van der Waals surface area (Å²) in [7, 11) is -3.77. The standard InChI is InChI=1S/C21H28N2O3S2/c1-15-6-9-19(10-7-15)28(25,26)23-20(11-12-27-4)21(24)22-14-18-8-5-16(2)13-17(18)3/h5-10,13,20,23H,11-12,14H2,1-4H3,(H,22,24). The highest BCUT2D eigenvalue weighted by molar-refractivity contribution is 7.98. The summed E-state index contributed by atoms with van der Waals surface area (Å²) in [6.45, 7) is 6.28. The first-order chi connectivity index (χ1) is 13.2. The molecule has 0 aliphatic heterocycles. The van der Waals surface area contributed by atoms with Crippen molar-refractivity contribution in [3.05, 3.63) is 64.7 Å². The molecular formula is C21H28N2O3S2. The molecule has 0 saturated carbocycles. The van der Waals surface area contributed by atoms with E-state index in [4.69, 9.17) is 0 Å². The molecule has 0 bridgehead atoms. The van der Waals surface area contributed by atoms with Gasteiger partial charge in [-0.3, -0.25) is 4.79 Å². The average Bonchev–Trinajstić information content (AvgIpc) is 2.64. The number of benzene rings is 2. The number of carbonyl (C=O) groups excluding carboxylic acids is 1. The van der Waals surface area contributed by atoms with Gasteiger partial charge in [0.1, 0.15) is 6.04 Å². The van der Waals surface area contributed by atoms with Gasteiger partial charge in [-0.05, 0) is 62.5 Å². The second-order valence-corrected chi connectivity index (χ2v) is 9.62. The molecule has 152 valence electrons. The fourth-order valence-electron chi connectivity index (χ4n) is 2.80. The van der Waals surface area contributed by atoms with Crippen LogP contribution in [0.25, 0.3) is 0 Å². The van der Waals surface area contributed by atoms with E-state index in [0.717, 1.165) is 22.3 Å². The van der Waals surface area contributed by atoms with Crippen LogP contribution in [0.3, 0.4) is 0 Å². The highest BCUT2D eigenvalue weighted by Gasteiger charge is 2.25. The average molecular weight is 421 g/mol. The zero-order valence-corrected chi connectivity index (χ0v) is 18.4. The quantitative estimate of drug-likeness (QED) is 0.652. The molecule has 0 fully saturated rings. The second kappa shape index (κ2) is 10.1. The van der Waals surface area contributed by atoms with Gasteiger partial charge in [0, 0.05) is 6.54 Å².